The third kappa shape index (κ3) is 3.58. The van der Waals surface area contributed by atoms with Crippen molar-refractivity contribution in [1.29, 1.82) is 0 Å². The molecule has 2 heterocycles. The minimum atomic E-state index is -0.830. The molecule has 0 amide bonds. The van der Waals surface area contributed by atoms with Gasteiger partial charge in [-0.15, -0.1) is 0 Å². The first-order chi connectivity index (χ1) is 9.22. The Morgan fingerprint density at radius 2 is 2.11 bits per heavy atom. The van der Waals surface area contributed by atoms with Crippen LogP contribution in [0.2, 0.25) is 0 Å². The minimum absolute atomic E-state index is 0.439. The van der Waals surface area contributed by atoms with E-state index in [1.165, 1.54) is 0 Å². The van der Waals surface area contributed by atoms with Gasteiger partial charge in [0.05, 0.1) is 18.8 Å². The Balaban J connectivity index is 1.86. The van der Waals surface area contributed by atoms with E-state index in [1.54, 1.807) is 6.07 Å². The van der Waals surface area contributed by atoms with Gasteiger partial charge in [-0.05, 0) is 18.9 Å². The zero-order valence-corrected chi connectivity index (χ0v) is 11.5. The highest BCUT2D eigenvalue weighted by Crippen LogP contribution is 2.13. The molecular formula is C14H22N2O3. The van der Waals surface area contributed by atoms with Gasteiger partial charge in [0.2, 0.25) is 0 Å². The van der Waals surface area contributed by atoms with Crippen molar-refractivity contribution in [2.75, 3.05) is 32.8 Å². The molecule has 5 nitrogen and oxygen atoms in total. The number of nitrogens with zero attached hydrogens (tertiary/aromatic N) is 2. The maximum Gasteiger partial charge on any atom is 0.337 e. The summed E-state index contributed by atoms with van der Waals surface area (Å²) in [5, 5.41) is 9.10. The molecule has 19 heavy (non-hydrogen) atoms. The molecule has 1 fully saturated rings. The zero-order chi connectivity index (χ0) is 13.7. The normalized spacial score (nSPS) is 16.7. The first kappa shape index (κ1) is 14.1. The van der Waals surface area contributed by atoms with E-state index in [1.807, 2.05) is 13.1 Å². The number of morpholine rings is 1. The van der Waals surface area contributed by atoms with Crippen LogP contribution in [-0.2, 0) is 17.7 Å². The fourth-order valence-corrected chi connectivity index (χ4v) is 2.59. The number of carbonyl (C=O) groups is 1. The van der Waals surface area contributed by atoms with Crippen LogP contribution in [0.5, 0.6) is 0 Å². The van der Waals surface area contributed by atoms with Crippen molar-refractivity contribution < 1.29 is 14.6 Å². The Labute approximate surface area is 113 Å². The number of ether oxygens (including phenoxy) is 1. The molecule has 0 bridgehead atoms. The van der Waals surface area contributed by atoms with Gasteiger partial charge < -0.3 is 14.4 Å². The first-order valence-electron chi connectivity index (χ1n) is 6.93. The van der Waals surface area contributed by atoms with Gasteiger partial charge in [0, 0.05) is 38.1 Å². The lowest BCUT2D eigenvalue weighted by Crippen LogP contribution is -2.37. The SMILES string of the molecule is CCc1c(C(=O)O)ccn1CCCN1CCOCC1. The van der Waals surface area contributed by atoms with Crippen LogP contribution in [0.3, 0.4) is 0 Å². The molecule has 0 saturated carbocycles. The maximum absolute atomic E-state index is 11.1. The lowest BCUT2D eigenvalue weighted by Gasteiger charge is -2.26. The average Bonchev–Trinajstić information content (AvgIpc) is 2.83. The van der Waals surface area contributed by atoms with Gasteiger partial charge in [0.25, 0.3) is 0 Å². The van der Waals surface area contributed by atoms with E-state index in [0.29, 0.717) is 5.56 Å². The largest absolute Gasteiger partial charge is 0.478 e. The second kappa shape index (κ2) is 6.73. The number of carboxylic acid groups (broad SMARTS) is 1. The summed E-state index contributed by atoms with van der Waals surface area (Å²) in [6.45, 7) is 7.60. The number of hydrogen-bond acceptors (Lipinski definition) is 3. The van der Waals surface area contributed by atoms with Crippen molar-refractivity contribution in [3.05, 3.63) is 23.5 Å². The molecule has 1 aromatic rings. The van der Waals surface area contributed by atoms with Crippen molar-refractivity contribution in [3.8, 4) is 0 Å². The lowest BCUT2D eigenvalue weighted by molar-refractivity contribution is 0.0369. The van der Waals surface area contributed by atoms with Crippen molar-refractivity contribution in [3.63, 3.8) is 0 Å². The van der Waals surface area contributed by atoms with Crippen LogP contribution in [0, 0.1) is 0 Å². The fraction of sp³-hybridized carbons (Fsp3) is 0.643. The average molecular weight is 266 g/mol. The topological polar surface area (TPSA) is 54.7 Å². The molecule has 0 atom stereocenters. The Kier molecular flexibility index (Phi) is 4.99. The molecule has 1 aromatic heterocycles. The van der Waals surface area contributed by atoms with E-state index in [9.17, 15) is 4.79 Å². The van der Waals surface area contributed by atoms with Crippen LogP contribution in [0.4, 0.5) is 0 Å². The van der Waals surface area contributed by atoms with Crippen molar-refractivity contribution in [2.45, 2.75) is 26.3 Å². The quantitative estimate of drug-likeness (QED) is 0.847. The Bertz CT molecular complexity index is 422. The molecular weight excluding hydrogens is 244 g/mol. The third-order valence-electron chi connectivity index (χ3n) is 3.62. The highest BCUT2D eigenvalue weighted by atomic mass is 16.5. The van der Waals surface area contributed by atoms with Gasteiger partial charge in [0.15, 0.2) is 0 Å². The summed E-state index contributed by atoms with van der Waals surface area (Å²) in [7, 11) is 0. The molecule has 0 radical (unpaired) electrons. The first-order valence-corrected chi connectivity index (χ1v) is 6.93. The molecule has 1 N–H and O–H groups in total. The van der Waals surface area contributed by atoms with E-state index in [4.69, 9.17) is 9.84 Å². The Hall–Kier alpha value is -1.33. The minimum Gasteiger partial charge on any atom is -0.478 e. The molecule has 0 aromatic carbocycles. The van der Waals surface area contributed by atoms with Gasteiger partial charge in [-0.25, -0.2) is 4.79 Å². The number of aromatic carboxylic acids is 1. The van der Waals surface area contributed by atoms with Gasteiger partial charge >= 0.3 is 5.97 Å². The fourth-order valence-electron chi connectivity index (χ4n) is 2.59. The van der Waals surface area contributed by atoms with Crippen molar-refractivity contribution in [2.24, 2.45) is 0 Å². The number of hydrogen-bond donors (Lipinski definition) is 1. The van der Waals surface area contributed by atoms with Crippen LogP contribution < -0.4 is 0 Å². The highest BCUT2D eigenvalue weighted by molar-refractivity contribution is 5.89. The van der Waals surface area contributed by atoms with Gasteiger partial charge in [0.1, 0.15) is 0 Å². The summed E-state index contributed by atoms with van der Waals surface area (Å²) in [6, 6.07) is 1.70. The summed E-state index contributed by atoms with van der Waals surface area (Å²) in [6.07, 6.45) is 3.69. The van der Waals surface area contributed by atoms with Gasteiger partial charge in [-0.1, -0.05) is 6.92 Å². The molecule has 0 unspecified atom stereocenters. The lowest BCUT2D eigenvalue weighted by atomic mass is 10.2. The second-order valence-electron chi connectivity index (χ2n) is 4.84. The third-order valence-corrected chi connectivity index (χ3v) is 3.62. The van der Waals surface area contributed by atoms with E-state index < -0.39 is 5.97 Å². The summed E-state index contributed by atoms with van der Waals surface area (Å²) < 4.78 is 7.39. The van der Waals surface area contributed by atoms with E-state index in [-0.39, 0.29) is 0 Å². The van der Waals surface area contributed by atoms with Gasteiger partial charge in [-0.3, -0.25) is 4.90 Å². The van der Waals surface area contributed by atoms with Crippen LogP contribution in [-0.4, -0.2) is 53.4 Å². The molecule has 0 spiro atoms. The molecule has 1 saturated heterocycles. The summed E-state index contributed by atoms with van der Waals surface area (Å²) >= 11 is 0. The van der Waals surface area contributed by atoms with Gasteiger partial charge in [-0.2, -0.15) is 0 Å². The summed E-state index contributed by atoms with van der Waals surface area (Å²) in [5.41, 5.74) is 1.36. The Morgan fingerprint density at radius 3 is 2.74 bits per heavy atom. The van der Waals surface area contributed by atoms with E-state index >= 15 is 0 Å². The molecule has 1 aliphatic heterocycles. The van der Waals surface area contributed by atoms with E-state index in [0.717, 1.165) is 57.9 Å². The second-order valence-corrected chi connectivity index (χ2v) is 4.84. The van der Waals surface area contributed by atoms with Crippen LogP contribution in [0.1, 0.15) is 29.4 Å². The Morgan fingerprint density at radius 1 is 1.37 bits per heavy atom. The number of rotatable bonds is 6. The molecule has 1 aliphatic rings. The number of aryl methyl sites for hydroxylation is 1. The van der Waals surface area contributed by atoms with Crippen LogP contribution in [0.15, 0.2) is 12.3 Å². The molecule has 2 rings (SSSR count). The smallest absolute Gasteiger partial charge is 0.337 e. The van der Waals surface area contributed by atoms with Crippen molar-refractivity contribution in [1.82, 2.24) is 9.47 Å². The predicted molar refractivity (Wildman–Crippen MR) is 72.6 cm³/mol. The summed E-state index contributed by atoms with van der Waals surface area (Å²) in [5.74, 6) is -0.830. The van der Waals surface area contributed by atoms with Crippen LogP contribution in [0.25, 0.3) is 0 Å². The maximum atomic E-state index is 11.1. The monoisotopic (exact) mass is 266 g/mol. The summed E-state index contributed by atoms with van der Waals surface area (Å²) in [4.78, 5) is 13.5. The number of carboxylic acids is 1. The number of aromatic nitrogens is 1. The van der Waals surface area contributed by atoms with E-state index in [2.05, 4.69) is 9.47 Å². The molecule has 5 heteroatoms. The van der Waals surface area contributed by atoms with Crippen LogP contribution >= 0.6 is 0 Å². The molecule has 106 valence electrons. The molecule has 0 aliphatic carbocycles. The predicted octanol–water partition coefficient (Wildman–Crippen LogP) is 1.47. The highest BCUT2D eigenvalue weighted by Gasteiger charge is 2.14. The zero-order valence-electron chi connectivity index (χ0n) is 11.5. The standard InChI is InChI=1S/C14H22N2O3/c1-2-13-12(14(17)18)4-7-16(13)6-3-5-15-8-10-19-11-9-15/h4,7H,2-3,5-6,8-11H2,1H3,(H,17,18). The van der Waals surface area contributed by atoms with Crippen molar-refractivity contribution >= 4 is 5.97 Å².